The molecule has 1 N–H and O–H groups in total. The Morgan fingerprint density at radius 2 is 1.78 bits per heavy atom. The van der Waals surface area contributed by atoms with Crippen LogP contribution in [0.5, 0.6) is 5.75 Å². The predicted octanol–water partition coefficient (Wildman–Crippen LogP) is 3.53. The molecule has 0 aliphatic rings. The van der Waals surface area contributed by atoms with E-state index in [1.165, 1.54) is 23.5 Å². The van der Waals surface area contributed by atoms with Crippen molar-refractivity contribution >= 4 is 21.7 Å². The summed E-state index contributed by atoms with van der Waals surface area (Å²) >= 11 is 0. The summed E-state index contributed by atoms with van der Waals surface area (Å²) in [5, 5.41) is 7.32. The Kier molecular flexibility index (Phi) is 7.32. The molecule has 3 aromatic rings. The third-order valence-corrected chi connectivity index (χ3v) is 7.14. The summed E-state index contributed by atoms with van der Waals surface area (Å²) in [6, 6.07) is 16.0. The van der Waals surface area contributed by atoms with E-state index in [0.29, 0.717) is 25.5 Å². The monoisotopic (exact) mass is 456 g/mol. The minimum Gasteiger partial charge on any atom is -0.495 e. The molecule has 0 radical (unpaired) electrons. The second-order valence-electron chi connectivity index (χ2n) is 7.22. The van der Waals surface area contributed by atoms with Crippen LogP contribution in [0.2, 0.25) is 0 Å². The first kappa shape index (κ1) is 23.5. The number of carbonyl (C=O) groups is 1. The number of carbonyl (C=O) groups excluding carboxylic acids is 1. The van der Waals surface area contributed by atoms with Gasteiger partial charge in [-0.3, -0.25) is 4.79 Å². The molecule has 32 heavy (non-hydrogen) atoms. The molecule has 9 heteroatoms. The van der Waals surface area contributed by atoms with Crippen LogP contribution in [0.3, 0.4) is 0 Å². The van der Waals surface area contributed by atoms with Gasteiger partial charge in [0, 0.05) is 24.7 Å². The van der Waals surface area contributed by atoms with E-state index >= 15 is 0 Å². The molecule has 1 amide bonds. The number of hydrogen-bond donors (Lipinski definition) is 1. The molecule has 0 saturated carbocycles. The van der Waals surface area contributed by atoms with Gasteiger partial charge in [-0.05, 0) is 30.7 Å². The summed E-state index contributed by atoms with van der Waals surface area (Å²) in [7, 11) is -2.40. The van der Waals surface area contributed by atoms with Gasteiger partial charge in [0.25, 0.3) is 5.91 Å². The molecule has 0 bridgehead atoms. The van der Waals surface area contributed by atoms with Crippen molar-refractivity contribution in [3.8, 4) is 5.75 Å². The number of aromatic nitrogens is 2. The molecule has 3 rings (SSSR count). The summed E-state index contributed by atoms with van der Waals surface area (Å²) in [4.78, 5) is 13.0. The van der Waals surface area contributed by atoms with Crippen LogP contribution in [-0.2, 0) is 16.6 Å². The summed E-state index contributed by atoms with van der Waals surface area (Å²) in [6.45, 7) is 6.50. The second kappa shape index (κ2) is 9.97. The molecule has 8 nitrogen and oxygen atoms in total. The van der Waals surface area contributed by atoms with Crippen LogP contribution in [0.1, 0.15) is 35.5 Å². The lowest BCUT2D eigenvalue weighted by atomic mass is 10.2. The first-order valence-electron chi connectivity index (χ1n) is 10.4. The molecule has 1 heterocycles. The SMILES string of the molecule is CCN(CC)S(=O)(=O)c1cc(C(=O)Nc2cc(C)nn2Cc2ccccc2)ccc1OC. The molecule has 0 fully saturated rings. The van der Waals surface area contributed by atoms with Crippen LogP contribution in [0.15, 0.2) is 59.5 Å². The van der Waals surface area contributed by atoms with E-state index in [0.717, 1.165) is 11.3 Å². The van der Waals surface area contributed by atoms with E-state index in [4.69, 9.17) is 4.74 Å². The van der Waals surface area contributed by atoms with Crippen molar-refractivity contribution < 1.29 is 17.9 Å². The van der Waals surface area contributed by atoms with Gasteiger partial charge in [0.1, 0.15) is 16.5 Å². The highest BCUT2D eigenvalue weighted by Gasteiger charge is 2.27. The normalized spacial score (nSPS) is 11.5. The van der Waals surface area contributed by atoms with Gasteiger partial charge in [-0.2, -0.15) is 9.40 Å². The third kappa shape index (κ3) is 5.00. The summed E-state index contributed by atoms with van der Waals surface area (Å²) in [5.41, 5.74) is 2.01. The van der Waals surface area contributed by atoms with E-state index in [1.807, 2.05) is 37.3 Å². The average Bonchev–Trinajstić information content (AvgIpc) is 3.12. The molecule has 0 aliphatic carbocycles. The van der Waals surface area contributed by atoms with Gasteiger partial charge in [-0.15, -0.1) is 0 Å². The quantitative estimate of drug-likeness (QED) is 0.532. The predicted molar refractivity (Wildman–Crippen MR) is 124 cm³/mol. The highest BCUT2D eigenvalue weighted by atomic mass is 32.2. The average molecular weight is 457 g/mol. The first-order chi connectivity index (χ1) is 15.3. The Balaban J connectivity index is 1.91. The van der Waals surface area contributed by atoms with Gasteiger partial charge in [0.05, 0.1) is 19.3 Å². The molecular formula is C23H28N4O4S. The summed E-state index contributed by atoms with van der Waals surface area (Å²) < 4.78 is 34.4. The number of sulfonamides is 1. The van der Waals surface area contributed by atoms with Crippen LogP contribution in [-0.4, -0.2) is 48.6 Å². The fourth-order valence-corrected chi connectivity index (χ4v) is 5.07. The van der Waals surface area contributed by atoms with Crippen molar-refractivity contribution in [2.75, 3.05) is 25.5 Å². The van der Waals surface area contributed by atoms with Crippen molar-refractivity contribution in [2.24, 2.45) is 0 Å². The fourth-order valence-electron chi connectivity index (χ4n) is 3.43. The standard InChI is InChI=1S/C23H28N4O4S/c1-5-26(6-2)32(29,30)21-15-19(12-13-20(21)31-4)23(28)24-22-14-17(3)25-27(22)16-18-10-8-7-9-11-18/h7-15H,5-6,16H2,1-4H3,(H,24,28). The largest absolute Gasteiger partial charge is 0.495 e. The summed E-state index contributed by atoms with van der Waals surface area (Å²) in [5.74, 6) is 0.289. The number of nitrogens with zero attached hydrogens (tertiary/aromatic N) is 3. The Morgan fingerprint density at radius 3 is 2.41 bits per heavy atom. The zero-order chi connectivity index (χ0) is 23.3. The minimum atomic E-state index is -3.81. The molecule has 170 valence electrons. The van der Waals surface area contributed by atoms with Crippen LogP contribution < -0.4 is 10.1 Å². The number of nitrogens with one attached hydrogen (secondary N) is 1. The number of anilines is 1. The Morgan fingerprint density at radius 1 is 1.09 bits per heavy atom. The highest BCUT2D eigenvalue weighted by molar-refractivity contribution is 7.89. The van der Waals surface area contributed by atoms with Crippen LogP contribution in [0.4, 0.5) is 5.82 Å². The lowest BCUT2D eigenvalue weighted by Crippen LogP contribution is -2.31. The maximum atomic E-state index is 13.1. The van der Waals surface area contributed by atoms with Crippen molar-refractivity contribution in [3.63, 3.8) is 0 Å². The molecule has 2 aromatic carbocycles. The van der Waals surface area contributed by atoms with Crippen molar-refractivity contribution in [1.82, 2.24) is 14.1 Å². The maximum Gasteiger partial charge on any atom is 0.256 e. The number of methoxy groups -OCH3 is 1. The second-order valence-corrected chi connectivity index (χ2v) is 9.13. The smallest absolute Gasteiger partial charge is 0.256 e. The van der Waals surface area contributed by atoms with Crippen molar-refractivity contribution in [1.29, 1.82) is 0 Å². The molecule has 0 atom stereocenters. The van der Waals surface area contributed by atoms with Gasteiger partial charge in [-0.25, -0.2) is 13.1 Å². The number of aryl methyl sites for hydroxylation is 1. The van der Waals surface area contributed by atoms with Gasteiger partial charge in [-0.1, -0.05) is 44.2 Å². The van der Waals surface area contributed by atoms with E-state index < -0.39 is 15.9 Å². The van der Waals surface area contributed by atoms with E-state index in [-0.39, 0.29) is 16.2 Å². The third-order valence-electron chi connectivity index (χ3n) is 5.07. The number of ether oxygens (including phenoxy) is 1. The van der Waals surface area contributed by atoms with E-state index in [1.54, 1.807) is 30.7 Å². The van der Waals surface area contributed by atoms with Gasteiger partial charge >= 0.3 is 0 Å². The highest BCUT2D eigenvalue weighted by Crippen LogP contribution is 2.28. The van der Waals surface area contributed by atoms with Crippen molar-refractivity contribution in [3.05, 3.63) is 71.4 Å². The number of benzene rings is 2. The minimum absolute atomic E-state index is 0.0367. The van der Waals surface area contributed by atoms with Crippen LogP contribution in [0, 0.1) is 6.92 Å². The Labute approximate surface area is 188 Å². The van der Waals surface area contributed by atoms with E-state index in [9.17, 15) is 13.2 Å². The zero-order valence-corrected chi connectivity index (χ0v) is 19.5. The maximum absolute atomic E-state index is 13.1. The van der Waals surface area contributed by atoms with Crippen molar-refractivity contribution in [2.45, 2.75) is 32.2 Å². The van der Waals surface area contributed by atoms with Gasteiger partial charge in [0.15, 0.2) is 0 Å². The number of amides is 1. The van der Waals surface area contributed by atoms with Crippen LogP contribution >= 0.6 is 0 Å². The lowest BCUT2D eigenvalue weighted by molar-refractivity contribution is 0.102. The van der Waals surface area contributed by atoms with Gasteiger partial charge < -0.3 is 10.1 Å². The lowest BCUT2D eigenvalue weighted by Gasteiger charge is -2.20. The Bertz CT molecular complexity index is 1190. The molecule has 0 unspecified atom stereocenters. The van der Waals surface area contributed by atoms with Gasteiger partial charge in [0.2, 0.25) is 10.0 Å². The topological polar surface area (TPSA) is 93.5 Å². The molecule has 0 spiro atoms. The first-order valence-corrected chi connectivity index (χ1v) is 11.8. The number of hydrogen-bond acceptors (Lipinski definition) is 5. The molecular weight excluding hydrogens is 428 g/mol. The molecule has 0 saturated heterocycles. The summed E-state index contributed by atoms with van der Waals surface area (Å²) in [6.07, 6.45) is 0. The van der Waals surface area contributed by atoms with Crippen LogP contribution in [0.25, 0.3) is 0 Å². The molecule has 0 aliphatic heterocycles. The Hall–Kier alpha value is -3.17. The molecule has 1 aromatic heterocycles. The fraction of sp³-hybridized carbons (Fsp3) is 0.304. The zero-order valence-electron chi connectivity index (χ0n) is 18.7. The number of rotatable bonds is 9. The van der Waals surface area contributed by atoms with E-state index in [2.05, 4.69) is 10.4 Å².